The van der Waals surface area contributed by atoms with Crippen LogP contribution in [0.4, 0.5) is 26.3 Å². The molecule has 44 heavy (non-hydrogen) atoms. The molecule has 0 bridgehead atoms. The summed E-state index contributed by atoms with van der Waals surface area (Å²) in [6.45, 7) is 0.458. The second-order valence-corrected chi connectivity index (χ2v) is 9.58. The molecule has 0 aliphatic rings. The zero-order valence-corrected chi connectivity index (χ0v) is 22.9. The number of rotatable bonds is 13. The van der Waals surface area contributed by atoms with E-state index in [2.05, 4.69) is 41.0 Å². The number of halogens is 6. The quantitative estimate of drug-likeness (QED) is 0.215. The van der Waals surface area contributed by atoms with E-state index in [4.69, 9.17) is 0 Å². The van der Waals surface area contributed by atoms with Crippen LogP contribution in [0.2, 0.25) is 0 Å². The normalized spacial score (nSPS) is 12.5. The van der Waals surface area contributed by atoms with Gasteiger partial charge in [0.25, 0.3) is 17.7 Å². The van der Waals surface area contributed by atoms with Gasteiger partial charge in [0.2, 0.25) is 0 Å². The van der Waals surface area contributed by atoms with Crippen LogP contribution in [-0.2, 0) is 32.1 Å². The highest BCUT2D eigenvalue weighted by molar-refractivity contribution is 5.92. The van der Waals surface area contributed by atoms with Crippen LogP contribution in [0.1, 0.15) is 51.1 Å². The molecular weight excluding hydrogens is 600 g/mol. The Bertz CT molecular complexity index is 1570. The van der Waals surface area contributed by atoms with Gasteiger partial charge in [0, 0.05) is 39.2 Å². The lowest BCUT2D eigenvalue weighted by molar-refractivity contribution is -0.274. The van der Waals surface area contributed by atoms with E-state index in [1.165, 1.54) is 47.5 Å². The number of alkyl halides is 6. The molecule has 2 N–H and O–H groups in total. The highest BCUT2D eigenvalue weighted by Gasteiger charge is 2.31. The number of carbonyl (C=O) groups excluding carboxylic acids is 2. The molecule has 1 atom stereocenters. The largest absolute Gasteiger partial charge is 0.573 e. The number of amides is 2. The summed E-state index contributed by atoms with van der Waals surface area (Å²) in [5.74, 6) is -4.75. The van der Waals surface area contributed by atoms with Crippen molar-refractivity contribution in [3.63, 3.8) is 0 Å². The van der Waals surface area contributed by atoms with Crippen LogP contribution in [0, 0.1) is 0 Å². The third-order valence-electron chi connectivity index (χ3n) is 5.91. The van der Waals surface area contributed by atoms with Crippen LogP contribution in [0.3, 0.4) is 0 Å². The van der Waals surface area contributed by atoms with Gasteiger partial charge in [0.15, 0.2) is 11.4 Å². The number of nitrogens with zero attached hydrogens (tertiary/aromatic N) is 7. The Morgan fingerprint density at radius 3 is 2.16 bits per heavy atom. The summed E-state index contributed by atoms with van der Waals surface area (Å²) in [4.78, 5) is 28.4. The Hall–Kier alpha value is -5.03. The summed E-state index contributed by atoms with van der Waals surface area (Å²) in [6.07, 6.45) is -2.54. The molecule has 0 saturated carbocycles. The smallest absolute Gasteiger partial charge is 0.406 e. The Morgan fingerprint density at radius 2 is 1.55 bits per heavy atom. The van der Waals surface area contributed by atoms with Gasteiger partial charge < -0.3 is 15.4 Å². The Morgan fingerprint density at radius 1 is 0.909 bits per heavy atom. The number of nitrogens with one attached hydrogen (secondary N) is 2. The number of aromatic nitrogens is 7. The van der Waals surface area contributed by atoms with Crippen LogP contribution < -0.4 is 15.4 Å². The van der Waals surface area contributed by atoms with Crippen molar-refractivity contribution >= 4 is 11.8 Å². The van der Waals surface area contributed by atoms with Crippen LogP contribution in [0.5, 0.6) is 5.75 Å². The number of hydrogen-bond donors (Lipinski definition) is 2. The van der Waals surface area contributed by atoms with E-state index < -0.39 is 41.7 Å². The first-order valence-corrected chi connectivity index (χ1v) is 12.9. The predicted molar refractivity (Wildman–Crippen MR) is 139 cm³/mol. The number of hydrogen-bond acceptors (Lipinski definition) is 8. The first-order chi connectivity index (χ1) is 20.7. The monoisotopic (exact) mass is 625 g/mol. The maximum absolute atomic E-state index is 14.6. The second kappa shape index (κ2) is 13.5. The molecule has 4 rings (SSSR count). The van der Waals surface area contributed by atoms with E-state index in [-0.39, 0.29) is 44.0 Å². The zero-order valence-electron chi connectivity index (χ0n) is 22.9. The van der Waals surface area contributed by atoms with Crippen molar-refractivity contribution in [3.8, 4) is 5.75 Å². The minimum atomic E-state index is -4.85. The van der Waals surface area contributed by atoms with Gasteiger partial charge in [-0.25, -0.2) is 9.07 Å². The molecule has 12 nitrogen and oxygen atoms in total. The molecule has 0 spiro atoms. The number of pyridine rings is 1. The molecule has 0 saturated heterocycles. The summed E-state index contributed by atoms with van der Waals surface area (Å²) in [5, 5.41) is 20.0. The lowest BCUT2D eigenvalue weighted by Crippen LogP contribution is -2.23. The summed E-state index contributed by atoms with van der Waals surface area (Å²) >= 11 is 0. The van der Waals surface area contributed by atoms with E-state index in [1.807, 2.05) is 0 Å². The van der Waals surface area contributed by atoms with Crippen molar-refractivity contribution in [2.75, 3.05) is 0 Å². The van der Waals surface area contributed by atoms with Gasteiger partial charge in [-0.1, -0.05) is 28.6 Å². The van der Waals surface area contributed by atoms with E-state index in [1.54, 1.807) is 0 Å². The molecule has 234 valence electrons. The van der Waals surface area contributed by atoms with E-state index in [0.717, 1.165) is 23.7 Å². The van der Waals surface area contributed by atoms with E-state index in [9.17, 15) is 35.9 Å². The Labute approximate surface area is 245 Å². The van der Waals surface area contributed by atoms with Crippen molar-refractivity contribution in [1.82, 2.24) is 45.6 Å². The van der Waals surface area contributed by atoms with Gasteiger partial charge in [0.1, 0.15) is 17.6 Å². The fraction of sp³-hybridized carbons (Fsp3) is 0.346. The fourth-order valence-electron chi connectivity index (χ4n) is 3.76. The van der Waals surface area contributed by atoms with Gasteiger partial charge >= 0.3 is 6.36 Å². The lowest BCUT2D eigenvalue weighted by atomic mass is 10.2. The molecular formula is C26H25F6N9O3. The first kappa shape index (κ1) is 31.9. The number of carbonyl (C=O) groups is 2. The Balaban J connectivity index is 1.19. The molecule has 3 heterocycles. The summed E-state index contributed by atoms with van der Waals surface area (Å²) < 4.78 is 84.6. The van der Waals surface area contributed by atoms with Crippen molar-refractivity contribution in [3.05, 3.63) is 83.2 Å². The molecule has 0 radical (unpaired) electrons. The maximum atomic E-state index is 14.6. The van der Waals surface area contributed by atoms with Gasteiger partial charge in [0.05, 0.1) is 18.9 Å². The third kappa shape index (κ3) is 9.50. The van der Waals surface area contributed by atoms with Crippen LogP contribution in [0.25, 0.3) is 0 Å². The lowest BCUT2D eigenvalue weighted by Gasteiger charge is -2.10. The van der Waals surface area contributed by atoms with Gasteiger partial charge in [-0.2, -0.15) is 8.78 Å². The van der Waals surface area contributed by atoms with Gasteiger partial charge in [-0.3, -0.25) is 19.3 Å². The zero-order chi connectivity index (χ0) is 31.9. The van der Waals surface area contributed by atoms with Crippen molar-refractivity contribution < 1.29 is 40.7 Å². The number of benzene rings is 1. The standard InChI is InChI=1S/C26H25F6N9O3/c1-25(28,29)22-6-5-17(11-33-22)12-35-23(42)20-14-40(38-36-20)8-7-18(27)13-41-15-21(37-39-41)24(43)34-10-16-3-2-4-19(9-16)44-26(30,31)32/h2-6,9,11,14-15,18H,7-8,10,12-13H2,1H3,(H,34,43)(H,35,42). The van der Waals surface area contributed by atoms with Crippen molar-refractivity contribution in [1.29, 1.82) is 0 Å². The molecule has 3 aromatic heterocycles. The highest BCUT2D eigenvalue weighted by atomic mass is 19.4. The molecule has 1 unspecified atom stereocenters. The van der Waals surface area contributed by atoms with Crippen molar-refractivity contribution in [2.45, 2.75) is 58.0 Å². The summed E-state index contributed by atoms with van der Waals surface area (Å²) in [6, 6.07) is 7.68. The van der Waals surface area contributed by atoms with Crippen LogP contribution >= 0.6 is 0 Å². The third-order valence-corrected chi connectivity index (χ3v) is 5.91. The van der Waals surface area contributed by atoms with Crippen molar-refractivity contribution in [2.24, 2.45) is 0 Å². The van der Waals surface area contributed by atoms with E-state index in [0.29, 0.717) is 11.1 Å². The first-order valence-electron chi connectivity index (χ1n) is 12.9. The highest BCUT2D eigenvalue weighted by Crippen LogP contribution is 2.25. The van der Waals surface area contributed by atoms with Crippen LogP contribution in [-0.4, -0.2) is 59.3 Å². The molecule has 0 aliphatic heterocycles. The average molecular weight is 626 g/mol. The number of ether oxygens (including phenoxy) is 1. The number of aryl methyl sites for hydroxylation is 1. The van der Waals surface area contributed by atoms with Gasteiger partial charge in [-0.15, -0.1) is 23.4 Å². The summed E-state index contributed by atoms with van der Waals surface area (Å²) in [7, 11) is 0. The minimum Gasteiger partial charge on any atom is -0.406 e. The topological polar surface area (TPSA) is 142 Å². The molecule has 4 aromatic rings. The SMILES string of the molecule is CC(F)(F)c1ccc(CNC(=O)c2cn(CCC(F)Cn3cc(C(=O)NCc4cccc(OC(F)(F)F)c4)nn3)nn2)cn1. The van der Waals surface area contributed by atoms with Crippen LogP contribution in [0.15, 0.2) is 55.0 Å². The second-order valence-electron chi connectivity index (χ2n) is 9.58. The van der Waals surface area contributed by atoms with Gasteiger partial charge in [-0.05, 0) is 29.3 Å². The summed E-state index contributed by atoms with van der Waals surface area (Å²) in [5.41, 5.74) is 0.299. The molecule has 18 heteroatoms. The average Bonchev–Trinajstić information content (AvgIpc) is 3.63. The van der Waals surface area contributed by atoms with E-state index >= 15 is 0 Å². The molecule has 0 fully saturated rings. The predicted octanol–water partition coefficient (Wildman–Crippen LogP) is 3.56. The Kier molecular flexibility index (Phi) is 9.80. The molecule has 0 aliphatic carbocycles. The molecule has 2 amide bonds. The fourth-order valence-corrected chi connectivity index (χ4v) is 3.76. The maximum Gasteiger partial charge on any atom is 0.573 e. The molecule has 1 aromatic carbocycles. The minimum absolute atomic E-state index is 0.0167.